The molecule has 7 nitrogen and oxygen atoms in total. The Morgan fingerprint density at radius 3 is 2.45 bits per heavy atom. The van der Waals surface area contributed by atoms with Crippen LogP contribution in [0.15, 0.2) is 17.1 Å². The van der Waals surface area contributed by atoms with Crippen LogP contribution in [0.25, 0.3) is 0 Å². The van der Waals surface area contributed by atoms with Gasteiger partial charge in [0.2, 0.25) is 5.82 Å². The van der Waals surface area contributed by atoms with Gasteiger partial charge in [-0.3, -0.25) is 10.1 Å². The Balaban J connectivity index is 3.24. The fourth-order valence-corrected chi connectivity index (χ4v) is 1.17. The minimum Gasteiger partial charge on any atom is -0.482 e. The average molecular weight is 296 g/mol. The zero-order chi connectivity index (χ0) is 15.5. The van der Waals surface area contributed by atoms with Crippen molar-refractivity contribution in [1.29, 1.82) is 0 Å². The van der Waals surface area contributed by atoms with Crippen LogP contribution in [0.2, 0.25) is 0 Å². The van der Waals surface area contributed by atoms with Crippen LogP contribution < -0.4 is 16.2 Å². The molecule has 0 saturated heterocycles. The van der Waals surface area contributed by atoms with E-state index >= 15 is 0 Å². The predicted molar refractivity (Wildman–Crippen MR) is 60.1 cm³/mol. The van der Waals surface area contributed by atoms with Gasteiger partial charge in [-0.25, -0.2) is 4.99 Å². The summed E-state index contributed by atoms with van der Waals surface area (Å²) in [5, 5.41) is 10.5. The molecule has 110 valence electrons. The van der Waals surface area contributed by atoms with E-state index in [1.54, 1.807) is 0 Å². The molecule has 0 spiro atoms. The monoisotopic (exact) mass is 296 g/mol. The van der Waals surface area contributed by atoms with Crippen molar-refractivity contribution in [1.82, 2.24) is 0 Å². The molecule has 0 aliphatic carbocycles. The first-order valence-corrected chi connectivity index (χ1v) is 4.87. The molecule has 4 N–H and O–H groups in total. The molecule has 0 radical (unpaired) electrons. The predicted octanol–water partition coefficient (Wildman–Crippen LogP) is 1.58. The lowest BCUT2D eigenvalue weighted by molar-refractivity contribution is -0.387. The molecular weight excluding hydrogens is 288 g/mol. The number of halogens is 4. The van der Waals surface area contributed by atoms with Crippen molar-refractivity contribution in [3.63, 3.8) is 0 Å². The van der Waals surface area contributed by atoms with Crippen LogP contribution in [-0.2, 0) is 0 Å². The van der Waals surface area contributed by atoms with Crippen LogP contribution in [0.4, 0.5) is 28.9 Å². The standard InChI is InChI=1S/C9H8F4N4O3/c10-4-1-7(20-3-9(11,12)13)5(16-8(14)15)2-6(4)17(18)19/h1-2H,3H2,(H4,14,15,16). The molecule has 1 aromatic carbocycles. The van der Waals surface area contributed by atoms with Gasteiger partial charge in [-0.1, -0.05) is 0 Å². The number of guanidine groups is 1. The Morgan fingerprint density at radius 1 is 1.40 bits per heavy atom. The lowest BCUT2D eigenvalue weighted by Gasteiger charge is -2.11. The maximum atomic E-state index is 13.3. The number of nitro groups is 1. The van der Waals surface area contributed by atoms with Crippen LogP contribution in [0.1, 0.15) is 0 Å². The molecule has 0 amide bonds. The normalized spacial score (nSPS) is 11.0. The molecule has 20 heavy (non-hydrogen) atoms. The third kappa shape index (κ3) is 4.26. The highest BCUT2D eigenvalue weighted by molar-refractivity contribution is 5.80. The minimum absolute atomic E-state index is 0.408. The van der Waals surface area contributed by atoms with Gasteiger partial charge in [0.05, 0.1) is 4.92 Å². The van der Waals surface area contributed by atoms with Gasteiger partial charge in [0.1, 0.15) is 11.4 Å². The minimum atomic E-state index is -4.67. The van der Waals surface area contributed by atoms with E-state index in [-0.39, 0.29) is 0 Å². The van der Waals surface area contributed by atoms with Gasteiger partial charge in [0.15, 0.2) is 12.6 Å². The highest BCUT2D eigenvalue weighted by Gasteiger charge is 2.29. The average Bonchev–Trinajstić information content (AvgIpc) is 2.26. The molecule has 0 aliphatic rings. The van der Waals surface area contributed by atoms with E-state index in [2.05, 4.69) is 9.73 Å². The van der Waals surface area contributed by atoms with E-state index < -0.39 is 46.6 Å². The van der Waals surface area contributed by atoms with Crippen molar-refractivity contribution in [2.45, 2.75) is 6.18 Å². The van der Waals surface area contributed by atoms with E-state index in [1.165, 1.54) is 0 Å². The van der Waals surface area contributed by atoms with Gasteiger partial charge in [0, 0.05) is 12.1 Å². The summed E-state index contributed by atoms with van der Waals surface area (Å²) < 4.78 is 53.7. The van der Waals surface area contributed by atoms with E-state index in [9.17, 15) is 27.7 Å². The molecule has 0 aliphatic heterocycles. The molecule has 0 bridgehead atoms. The quantitative estimate of drug-likeness (QED) is 0.287. The number of nitro benzene ring substituents is 1. The number of aliphatic imine (C=N–C) groups is 1. The van der Waals surface area contributed by atoms with Gasteiger partial charge in [0.25, 0.3) is 0 Å². The second kappa shape index (κ2) is 5.59. The molecule has 1 aromatic rings. The second-order valence-electron chi connectivity index (χ2n) is 3.47. The molecule has 11 heteroatoms. The summed E-state index contributed by atoms with van der Waals surface area (Å²) in [5.74, 6) is -2.62. The molecule has 0 fully saturated rings. The fourth-order valence-electron chi connectivity index (χ4n) is 1.17. The molecule has 0 unspecified atom stereocenters. The zero-order valence-electron chi connectivity index (χ0n) is 9.65. The largest absolute Gasteiger partial charge is 0.482 e. The number of benzene rings is 1. The second-order valence-corrected chi connectivity index (χ2v) is 3.47. The summed E-state index contributed by atoms with van der Waals surface area (Å²) >= 11 is 0. The lowest BCUT2D eigenvalue weighted by Crippen LogP contribution is -2.22. The van der Waals surface area contributed by atoms with E-state index in [0.29, 0.717) is 12.1 Å². The van der Waals surface area contributed by atoms with Crippen molar-refractivity contribution in [3.05, 3.63) is 28.1 Å². The number of rotatable bonds is 4. The van der Waals surface area contributed by atoms with Crippen molar-refractivity contribution in [3.8, 4) is 5.75 Å². The highest BCUT2D eigenvalue weighted by Crippen LogP contribution is 2.35. The van der Waals surface area contributed by atoms with Crippen LogP contribution in [-0.4, -0.2) is 23.7 Å². The first-order valence-electron chi connectivity index (χ1n) is 4.87. The number of alkyl halides is 3. The van der Waals surface area contributed by atoms with Crippen LogP contribution in [0.3, 0.4) is 0 Å². The van der Waals surface area contributed by atoms with E-state index in [4.69, 9.17) is 11.5 Å². The number of ether oxygens (including phenoxy) is 1. The van der Waals surface area contributed by atoms with Crippen LogP contribution in [0.5, 0.6) is 5.75 Å². The Morgan fingerprint density at radius 2 is 2.00 bits per heavy atom. The Bertz CT molecular complexity index is 555. The number of nitrogens with zero attached hydrogens (tertiary/aromatic N) is 2. The van der Waals surface area contributed by atoms with Crippen molar-refractivity contribution in [2.24, 2.45) is 16.5 Å². The van der Waals surface area contributed by atoms with Crippen molar-refractivity contribution < 1.29 is 27.2 Å². The third-order valence-corrected chi connectivity index (χ3v) is 1.87. The summed E-state index contributed by atoms with van der Waals surface area (Å²) in [4.78, 5) is 12.8. The van der Waals surface area contributed by atoms with Gasteiger partial charge < -0.3 is 16.2 Å². The van der Waals surface area contributed by atoms with Gasteiger partial charge in [-0.05, 0) is 0 Å². The van der Waals surface area contributed by atoms with Gasteiger partial charge in [-0.15, -0.1) is 0 Å². The Hall–Kier alpha value is -2.59. The molecule has 1 rings (SSSR count). The number of hydrogen-bond donors (Lipinski definition) is 2. The molecule has 0 heterocycles. The van der Waals surface area contributed by atoms with E-state index in [0.717, 1.165) is 0 Å². The summed E-state index contributed by atoms with van der Waals surface area (Å²) in [6, 6.07) is 0.979. The maximum Gasteiger partial charge on any atom is 0.422 e. The fraction of sp³-hybridized carbons (Fsp3) is 0.222. The smallest absolute Gasteiger partial charge is 0.422 e. The number of hydrogen-bond acceptors (Lipinski definition) is 4. The Kier molecular flexibility index (Phi) is 4.32. The SMILES string of the molecule is NC(N)=Nc1cc([N+](=O)[O-])c(F)cc1OCC(F)(F)F. The molecule has 0 saturated carbocycles. The molecular formula is C9H8F4N4O3. The summed E-state index contributed by atoms with van der Waals surface area (Å²) in [6.45, 7) is -1.72. The van der Waals surface area contributed by atoms with E-state index in [1.807, 2.05) is 0 Å². The molecule has 0 aromatic heterocycles. The third-order valence-electron chi connectivity index (χ3n) is 1.87. The maximum absolute atomic E-state index is 13.3. The van der Waals surface area contributed by atoms with Gasteiger partial charge in [-0.2, -0.15) is 17.6 Å². The summed E-state index contributed by atoms with van der Waals surface area (Å²) in [7, 11) is 0. The summed E-state index contributed by atoms with van der Waals surface area (Å²) in [5.41, 5.74) is 8.57. The van der Waals surface area contributed by atoms with Crippen molar-refractivity contribution >= 4 is 17.3 Å². The highest BCUT2D eigenvalue weighted by atomic mass is 19.4. The zero-order valence-corrected chi connectivity index (χ0v) is 9.65. The van der Waals surface area contributed by atoms with Gasteiger partial charge >= 0.3 is 11.9 Å². The number of nitrogens with two attached hydrogens (primary N) is 2. The van der Waals surface area contributed by atoms with Crippen LogP contribution >= 0.6 is 0 Å². The van der Waals surface area contributed by atoms with Crippen molar-refractivity contribution in [2.75, 3.05) is 6.61 Å². The topological polar surface area (TPSA) is 117 Å². The first kappa shape index (κ1) is 15.5. The molecule has 0 atom stereocenters. The van der Waals surface area contributed by atoms with Crippen LogP contribution in [0, 0.1) is 15.9 Å². The first-order chi connectivity index (χ1) is 9.10. The Labute approximate surface area is 109 Å². The lowest BCUT2D eigenvalue weighted by atomic mass is 10.2. The summed E-state index contributed by atoms with van der Waals surface area (Å²) in [6.07, 6.45) is -4.67.